The highest BCUT2D eigenvalue weighted by Crippen LogP contribution is 2.27. The zero-order chi connectivity index (χ0) is 21.4. The van der Waals surface area contributed by atoms with Gasteiger partial charge in [-0.2, -0.15) is 5.26 Å². The summed E-state index contributed by atoms with van der Waals surface area (Å²) < 4.78 is 0. The number of nitriles is 1. The summed E-state index contributed by atoms with van der Waals surface area (Å²) in [4.78, 5) is 15.0. The molecule has 29 heavy (non-hydrogen) atoms. The average molecular weight is 387 g/mol. The lowest BCUT2D eigenvalue weighted by atomic mass is 9.96. The molecule has 0 aromatic heterocycles. The molecule has 0 spiro atoms. The van der Waals surface area contributed by atoms with Gasteiger partial charge in [0, 0.05) is 39.6 Å². The van der Waals surface area contributed by atoms with Gasteiger partial charge >= 0.3 is 5.97 Å². The van der Waals surface area contributed by atoms with Crippen molar-refractivity contribution in [3.63, 3.8) is 0 Å². The van der Waals surface area contributed by atoms with E-state index in [-0.39, 0.29) is 5.57 Å². The molecule has 2 rings (SSSR count). The first-order chi connectivity index (χ1) is 13.8. The van der Waals surface area contributed by atoms with Crippen molar-refractivity contribution >= 4 is 22.9 Å². The summed E-state index contributed by atoms with van der Waals surface area (Å²) in [5.41, 5.74) is 4.99. The van der Waals surface area contributed by atoms with Crippen molar-refractivity contribution in [3.8, 4) is 6.07 Å². The van der Waals surface area contributed by atoms with Gasteiger partial charge in [0.1, 0.15) is 11.6 Å². The van der Waals surface area contributed by atoms with Gasteiger partial charge in [-0.15, -0.1) is 0 Å². The monoisotopic (exact) mass is 387 g/mol. The Labute approximate surface area is 172 Å². The molecule has 1 N–H and O–H groups in total. The van der Waals surface area contributed by atoms with E-state index >= 15 is 0 Å². The summed E-state index contributed by atoms with van der Waals surface area (Å²) in [6.45, 7) is 0. The molecule has 0 amide bonds. The smallest absolute Gasteiger partial charge is 0.346 e. The number of rotatable bonds is 7. The van der Waals surface area contributed by atoms with E-state index in [1.54, 1.807) is 18.2 Å². The summed E-state index contributed by atoms with van der Waals surface area (Å²) in [7, 11) is 7.98. The summed E-state index contributed by atoms with van der Waals surface area (Å²) in [5, 5.41) is 17.8. The lowest BCUT2D eigenvalue weighted by molar-refractivity contribution is -0.132. The SMILES string of the molecule is CN(C)c1ccc(C(=CC=CC=C(C#N)C(=O)O)c2ccc(N(C)C)cc2)cc1. The van der Waals surface area contributed by atoms with Crippen LogP contribution in [-0.4, -0.2) is 39.3 Å². The van der Waals surface area contributed by atoms with Gasteiger partial charge in [0.2, 0.25) is 0 Å². The summed E-state index contributed by atoms with van der Waals surface area (Å²) in [5.74, 6) is -1.24. The lowest BCUT2D eigenvalue weighted by Gasteiger charge is -2.15. The van der Waals surface area contributed by atoms with Gasteiger partial charge in [-0.05, 0) is 47.0 Å². The Kier molecular flexibility index (Phi) is 7.39. The standard InChI is InChI=1S/C24H25N3O2/c1-26(2)21-13-9-18(10-14-21)23(8-6-5-7-20(17-25)24(28)29)19-11-15-22(16-12-19)27(3)4/h5-16H,1-4H3,(H,28,29). The number of benzene rings is 2. The fourth-order valence-electron chi connectivity index (χ4n) is 2.70. The van der Waals surface area contributed by atoms with Gasteiger partial charge in [0.15, 0.2) is 0 Å². The van der Waals surface area contributed by atoms with Crippen LogP contribution in [0.15, 0.2) is 78.4 Å². The largest absolute Gasteiger partial charge is 0.477 e. The average Bonchev–Trinajstić information content (AvgIpc) is 2.70. The third-order valence-electron chi connectivity index (χ3n) is 4.38. The second kappa shape index (κ2) is 9.95. The van der Waals surface area contributed by atoms with Crippen molar-refractivity contribution < 1.29 is 9.90 Å². The van der Waals surface area contributed by atoms with Crippen LogP contribution in [0, 0.1) is 11.3 Å². The minimum Gasteiger partial charge on any atom is -0.477 e. The number of hydrogen-bond acceptors (Lipinski definition) is 4. The normalized spacial score (nSPS) is 11.1. The number of allylic oxidation sites excluding steroid dienone is 4. The number of hydrogen-bond donors (Lipinski definition) is 1. The molecule has 148 valence electrons. The molecule has 0 aliphatic carbocycles. The van der Waals surface area contributed by atoms with E-state index in [1.807, 2.05) is 44.1 Å². The molecule has 0 unspecified atom stereocenters. The molecule has 0 fully saturated rings. The molecule has 2 aromatic carbocycles. The van der Waals surface area contributed by atoms with E-state index in [0.29, 0.717) is 0 Å². The van der Waals surface area contributed by atoms with Crippen LogP contribution in [0.5, 0.6) is 0 Å². The molecule has 0 aliphatic heterocycles. The maximum absolute atomic E-state index is 10.9. The van der Waals surface area contributed by atoms with E-state index in [4.69, 9.17) is 10.4 Å². The van der Waals surface area contributed by atoms with Crippen LogP contribution in [0.3, 0.4) is 0 Å². The number of carbonyl (C=O) groups is 1. The van der Waals surface area contributed by atoms with Crippen LogP contribution in [0.25, 0.3) is 5.57 Å². The van der Waals surface area contributed by atoms with Crippen molar-refractivity contribution in [2.24, 2.45) is 0 Å². The highest BCUT2D eigenvalue weighted by Gasteiger charge is 2.07. The maximum Gasteiger partial charge on any atom is 0.346 e. The minimum atomic E-state index is -1.24. The predicted molar refractivity (Wildman–Crippen MR) is 119 cm³/mol. The Morgan fingerprint density at radius 3 is 1.59 bits per heavy atom. The Morgan fingerprint density at radius 1 is 0.828 bits per heavy atom. The summed E-state index contributed by atoms with van der Waals surface area (Å²) in [6.07, 6.45) is 6.52. The molecule has 0 saturated carbocycles. The first kappa shape index (κ1) is 21.5. The number of carboxylic acid groups (broad SMARTS) is 1. The van der Waals surface area contributed by atoms with Gasteiger partial charge in [-0.1, -0.05) is 42.5 Å². The lowest BCUT2D eigenvalue weighted by Crippen LogP contribution is -2.08. The second-order valence-electron chi connectivity index (χ2n) is 6.85. The van der Waals surface area contributed by atoms with Gasteiger partial charge in [-0.3, -0.25) is 0 Å². The Morgan fingerprint density at radius 2 is 1.24 bits per heavy atom. The van der Waals surface area contributed by atoms with Crippen LogP contribution >= 0.6 is 0 Å². The topological polar surface area (TPSA) is 67.6 Å². The van der Waals surface area contributed by atoms with E-state index in [2.05, 4.69) is 48.5 Å². The van der Waals surface area contributed by atoms with Gasteiger partial charge in [0.25, 0.3) is 0 Å². The third kappa shape index (κ3) is 5.85. The molecule has 0 aliphatic rings. The molecule has 0 heterocycles. The number of carboxylic acids is 1. The molecule has 5 nitrogen and oxygen atoms in total. The molecule has 0 saturated heterocycles. The van der Waals surface area contributed by atoms with Crippen LogP contribution in [0.1, 0.15) is 11.1 Å². The van der Waals surface area contributed by atoms with Crippen LogP contribution < -0.4 is 9.80 Å². The molecule has 0 atom stereocenters. The molecule has 0 bridgehead atoms. The van der Waals surface area contributed by atoms with E-state index < -0.39 is 5.97 Å². The Bertz CT molecular complexity index is 921. The summed E-state index contributed by atoms with van der Waals surface area (Å²) >= 11 is 0. The van der Waals surface area contributed by atoms with Crippen LogP contribution in [0.2, 0.25) is 0 Å². The molecule has 2 aromatic rings. The fourth-order valence-corrected chi connectivity index (χ4v) is 2.70. The van der Waals surface area contributed by atoms with Gasteiger partial charge in [-0.25, -0.2) is 4.79 Å². The number of anilines is 2. The molecular weight excluding hydrogens is 362 g/mol. The highest BCUT2D eigenvalue weighted by molar-refractivity contribution is 5.91. The third-order valence-corrected chi connectivity index (χ3v) is 4.38. The Hall–Kier alpha value is -3.78. The van der Waals surface area contributed by atoms with Crippen molar-refractivity contribution in [2.75, 3.05) is 38.0 Å². The highest BCUT2D eigenvalue weighted by atomic mass is 16.4. The van der Waals surface area contributed by atoms with E-state index in [1.165, 1.54) is 6.08 Å². The van der Waals surface area contributed by atoms with Gasteiger partial charge < -0.3 is 14.9 Å². The Balaban J connectivity index is 2.45. The number of nitrogens with zero attached hydrogens (tertiary/aromatic N) is 3. The zero-order valence-electron chi connectivity index (χ0n) is 17.1. The minimum absolute atomic E-state index is 0.304. The molecule has 5 heteroatoms. The first-order valence-corrected chi connectivity index (χ1v) is 9.11. The quantitative estimate of drug-likeness (QED) is 0.435. The van der Waals surface area contributed by atoms with E-state index in [0.717, 1.165) is 28.1 Å². The molecular formula is C24H25N3O2. The van der Waals surface area contributed by atoms with Crippen molar-refractivity contribution in [3.05, 3.63) is 89.5 Å². The van der Waals surface area contributed by atoms with Crippen LogP contribution in [-0.2, 0) is 4.79 Å². The van der Waals surface area contributed by atoms with Crippen molar-refractivity contribution in [1.29, 1.82) is 5.26 Å². The fraction of sp³-hybridized carbons (Fsp3) is 0.167. The predicted octanol–water partition coefficient (Wildman–Crippen LogP) is 4.34. The second-order valence-corrected chi connectivity index (χ2v) is 6.85. The molecule has 0 radical (unpaired) electrons. The van der Waals surface area contributed by atoms with Crippen molar-refractivity contribution in [1.82, 2.24) is 0 Å². The summed E-state index contributed by atoms with van der Waals surface area (Å²) in [6, 6.07) is 18.1. The first-order valence-electron chi connectivity index (χ1n) is 9.11. The van der Waals surface area contributed by atoms with Gasteiger partial charge in [0.05, 0.1) is 0 Å². The maximum atomic E-state index is 10.9. The van der Waals surface area contributed by atoms with E-state index in [9.17, 15) is 4.79 Å². The van der Waals surface area contributed by atoms with Crippen molar-refractivity contribution in [2.45, 2.75) is 0 Å². The zero-order valence-corrected chi connectivity index (χ0v) is 17.1. The van der Waals surface area contributed by atoms with Crippen LogP contribution in [0.4, 0.5) is 11.4 Å². The number of aliphatic carboxylic acids is 1.